The molecule has 0 spiro atoms. The number of carboxylic acid groups (broad SMARTS) is 1. The van der Waals surface area contributed by atoms with E-state index in [1.807, 2.05) is 17.5 Å². The number of nitrogens with zero attached hydrogens (tertiary/aromatic N) is 1. The second-order valence-electron chi connectivity index (χ2n) is 10.6. The van der Waals surface area contributed by atoms with E-state index in [9.17, 15) is 23.1 Å². The van der Waals surface area contributed by atoms with Gasteiger partial charge in [0, 0.05) is 23.6 Å². The Labute approximate surface area is 230 Å². The first-order valence-electron chi connectivity index (χ1n) is 13.5. The molecule has 4 aliphatic rings. The topological polar surface area (TPSA) is 128 Å². The van der Waals surface area contributed by atoms with Gasteiger partial charge in [0.15, 0.2) is 5.60 Å². The maximum absolute atomic E-state index is 13.6. The van der Waals surface area contributed by atoms with E-state index in [2.05, 4.69) is 5.32 Å². The minimum atomic E-state index is -5.19. The van der Waals surface area contributed by atoms with Crippen molar-refractivity contribution >= 4 is 23.2 Å². The number of aliphatic carboxylic acids is 1. The highest BCUT2D eigenvalue weighted by molar-refractivity contribution is 7.10. The standard InChI is InChI=1S/C24H38N2O5S.C2HF3O2/c27-12-14-31-16-15-30-13-11-26-9-7-19(8-10-26)21(18-26)25-23(28)24(29,20-4-1-2-5-20)22-6-3-17-32-22;3-2(4,5)1(6)7/h3,6,17,19-21,27,29H,1-2,4-5,7-16,18H2;(H,6,7)/t19?,21-,24?,26?;/m0./s1. The van der Waals surface area contributed by atoms with E-state index in [4.69, 9.17) is 24.5 Å². The van der Waals surface area contributed by atoms with Crippen LogP contribution < -0.4 is 10.4 Å². The average molecular weight is 581 g/mol. The lowest BCUT2D eigenvalue weighted by Crippen LogP contribution is -2.69. The Balaban J connectivity index is 0.000000532. The molecule has 1 unspecified atom stereocenters. The number of nitrogens with one attached hydrogen (secondary N) is 1. The summed E-state index contributed by atoms with van der Waals surface area (Å²) >= 11 is 1.49. The van der Waals surface area contributed by atoms with Crippen molar-refractivity contribution < 1.29 is 52.0 Å². The molecular weight excluding hydrogens is 541 g/mol. The predicted molar refractivity (Wildman–Crippen MR) is 134 cm³/mol. The number of piperidine rings is 3. The molecule has 1 aromatic rings. The monoisotopic (exact) mass is 580 g/mol. The largest absolute Gasteiger partial charge is 0.542 e. The minimum Gasteiger partial charge on any atom is -0.542 e. The fourth-order valence-corrected chi connectivity index (χ4v) is 6.93. The molecule has 3 N–H and O–H groups in total. The number of thiophene rings is 1. The van der Waals surface area contributed by atoms with Crippen LogP contribution in [0.1, 0.15) is 43.4 Å². The molecule has 1 aromatic heterocycles. The van der Waals surface area contributed by atoms with Crippen molar-refractivity contribution in [2.24, 2.45) is 11.8 Å². The van der Waals surface area contributed by atoms with Crippen LogP contribution in [0.5, 0.6) is 0 Å². The number of carboxylic acids is 1. The lowest BCUT2D eigenvalue weighted by Gasteiger charge is -2.53. The van der Waals surface area contributed by atoms with Crippen LogP contribution in [0, 0.1) is 11.8 Å². The first-order chi connectivity index (χ1) is 18.5. The van der Waals surface area contributed by atoms with Gasteiger partial charge in [0.05, 0.1) is 58.7 Å². The highest BCUT2D eigenvalue weighted by Crippen LogP contribution is 2.43. The molecule has 1 saturated carbocycles. The van der Waals surface area contributed by atoms with Gasteiger partial charge in [0.2, 0.25) is 0 Å². The zero-order chi connectivity index (χ0) is 28.5. The normalized spacial score (nSPS) is 26.5. The number of amides is 1. The second kappa shape index (κ2) is 14.2. The van der Waals surface area contributed by atoms with Gasteiger partial charge in [-0.15, -0.1) is 11.3 Å². The highest BCUT2D eigenvalue weighted by Gasteiger charge is 2.51. The summed E-state index contributed by atoms with van der Waals surface area (Å²) in [5.41, 5.74) is -1.40. The van der Waals surface area contributed by atoms with Crippen molar-refractivity contribution in [1.82, 2.24) is 5.32 Å². The molecule has 39 heavy (non-hydrogen) atoms. The van der Waals surface area contributed by atoms with Gasteiger partial charge in [-0.1, -0.05) is 18.9 Å². The summed E-state index contributed by atoms with van der Waals surface area (Å²) in [4.78, 5) is 23.1. The van der Waals surface area contributed by atoms with Crippen molar-refractivity contribution in [3.63, 3.8) is 0 Å². The number of halogens is 3. The Morgan fingerprint density at radius 2 is 1.69 bits per heavy atom. The lowest BCUT2D eigenvalue weighted by molar-refractivity contribution is -0.944. The number of fused-ring (bicyclic) bond motifs is 3. The Kier molecular flexibility index (Phi) is 11.6. The number of carbonyl (C=O) groups is 2. The number of hydrogen-bond donors (Lipinski definition) is 3. The van der Waals surface area contributed by atoms with Crippen molar-refractivity contribution in [2.45, 2.75) is 56.3 Å². The third-order valence-electron chi connectivity index (χ3n) is 8.16. The average Bonchev–Trinajstić information content (AvgIpc) is 3.64. The molecule has 222 valence electrons. The summed E-state index contributed by atoms with van der Waals surface area (Å²) in [6.07, 6.45) is 1.03. The summed E-state index contributed by atoms with van der Waals surface area (Å²) in [5, 5.41) is 34.5. The molecule has 3 aliphatic heterocycles. The van der Waals surface area contributed by atoms with Crippen LogP contribution in [0.2, 0.25) is 0 Å². The fourth-order valence-electron chi connectivity index (χ4n) is 6.03. The Morgan fingerprint density at radius 3 is 2.23 bits per heavy atom. The van der Waals surface area contributed by atoms with Crippen LogP contribution in [-0.2, 0) is 24.7 Å². The number of aliphatic hydroxyl groups excluding tert-OH is 1. The van der Waals surface area contributed by atoms with E-state index >= 15 is 0 Å². The van der Waals surface area contributed by atoms with Gasteiger partial charge in [-0.25, -0.2) is 0 Å². The number of ether oxygens (including phenoxy) is 2. The molecule has 1 amide bonds. The van der Waals surface area contributed by atoms with E-state index in [0.29, 0.717) is 32.3 Å². The zero-order valence-corrected chi connectivity index (χ0v) is 22.8. The number of quaternary nitrogens is 1. The van der Waals surface area contributed by atoms with Crippen molar-refractivity contribution in [3.8, 4) is 0 Å². The van der Waals surface area contributed by atoms with Gasteiger partial charge < -0.3 is 39.4 Å². The summed E-state index contributed by atoms with van der Waals surface area (Å²) in [6, 6.07) is 3.96. The highest BCUT2D eigenvalue weighted by atomic mass is 32.1. The third kappa shape index (κ3) is 8.37. The molecule has 1 aliphatic carbocycles. The Bertz CT molecular complexity index is 904. The number of alkyl halides is 3. The van der Waals surface area contributed by atoms with E-state index < -0.39 is 17.7 Å². The van der Waals surface area contributed by atoms with Crippen LogP contribution in [-0.4, -0.2) is 98.0 Å². The van der Waals surface area contributed by atoms with E-state index in [1.165, 1.54) is 11.3 Å². The van der Waals surface area contributed by atoms with Crippen molar-refractivity contribution in [3.05, 3.63) is 22.4 Å². The Hall–Kier alpha value is -1.77. The van der Waals surface area contributed by atoms with Gasteiger partial charge in [0.1, 0.15) is 12.5 Å². The van der Waals surface area contributed by atoms with Crippen LogP contribution >= 0.6 is 11.3 Å². The molecule has 9 nitrogen and oxygen atoms in total. The van der Waals surface area contributed by atoms with Gasteiger partial charge in [-0.2, -0.15) is 13.2 Å². The molecule has 3 saturated heterocycles. The van der Waals surface area contributed by atoms with Crippen LogP contribution in [0.15, 0.2) is 17.5 Å². The summed E-state index contributed by atoms with van der Waals surface area (Å²) in [7, 11) is 0. The molecule has 2 bridgehead atoms. The quantitative estimate of drug-likeness (QED) is 0.250. The Morgan fingerprint density at radius 1 is 1.08 bits per heavy atom. The molecule has 13 heteroatoms. The molecule has 4 heterocycles. The van der Waals surface area contributed by atoms with Crippen molar-refractivity contribution in [1.29, 1.82) is 0 Å². The number of rotatable bonds is 12. The van der Waals surface area contributed by atoms with Gasteiger partial charge in [0.25, 0.3) is 5.91 Å². The summed E-state index contributed by atoms with van der Waals surface area (Å²) < 4.78 is 43.5. The smallest absolute Gasteiger partial charge is 0.430 e. The lowest BCUT2D eigenvalue weighted by atomic mass is 9.79. The van der Waals surface area contributed by atoms with Gasteiger partial charge in [-0.3, -0.25) is 4.79 Å². The molecule has 5 rings (SSSR count). The zero-order valence-electron chi connectivity index (χ0n) is 22.0. The molecule has 0 radical (unpaired) electrons. The number of hydrogen-bond acceptors (Lipinski definition) is 8. The molecular formula is C26H39F3N2O7S. The maximum Gasteiger partial charge on any atom is 0.430 e. The number of carbonyl (C=O) groups excluding carboxylic acids is 2. The van der Waals surface area contributed by atoms with Crippen LogP contribution in [0.4, 0.5) is 13.2 Å². The van der Waals surface area contributed by atoms with E-state index in [1.54, 1.807) is 0 Å². The second-order valence-corrected chi connectivity index (χ2v) is 11.5. The molecule has 0 aromatic carbocycles. The SMILES string of the molecule is O=C(N[C@H]1C[N+]2(CCOCCOCCO)CCC1CC2)C(O)(c1cccs1)C1CCCC1.O=C([O-])C(F)(F)F. The first kappa shape index (κ1) is 31.8. The van der Waals surface area contributed by atoms with Crippen molar-refractivity contribution in [2.75, 3.05) is 59.2 Å². The van der Waals surface area contributed by atoms with Crippen LogP contribution in [0.3, 0.4) is 0 Å². The predicted octanol–water partition coefficient (Wildman–Crippen LogP) is 1.18. The molecule has 4 fully saturated rings. The van der Waals surface area contributed by atoms with Crippen LogP contribution in [0.25, 0.3) is 0 Å². The summed E-state index contributed by atoms with van der Waals surface area (Å²) in [5.74, 6) is -2.69. The van der Waals surface area contributed by atoms with Gasteiger partial charge >= 0.3 is 6.18 Å². The van der Waals surface area contributed by atoms with E-state index in [0.717, 1.165) is 74.1 Å². The fraction of sp³-hybridized carbons (Fsp3) is 0.769. The minimum absolute atomic E-state index is 0.00632. The third-order valence-corrected chi connectivity index (χ3v) is 9.15. The van der Waals surface area contributed by atoms with Gasteiger partial charge in [-0.05, 0) is 30.2 Å². The van der Waals surface area contributed by atoms with E-state index in [-0.39, 0.29) is 24.5 Å². The summed E-state index contributed by atoms with van der Waals surface area (Å²) in [6.45, 7) is 6.25. The number of aliphatic hydroxyl groups is 2. The first-order valence-corrected chi connectivity index (χ1v) is 14.4. The molecule has 2 atom stereocenters. The maximum atomic E-state index is 13.6.